The molecule has 2 rings (SSSR count). The molecule has 2 heterocycles. The lowest BCUT2D eigenvalue weighted by molar-refractivity contribution is -0.0748. The lowest BCUT2D eigenvalue weighted by Gasteiger charge is -2.46. The molecule has 1 unspecified atom stereocenters. The molecule has 14 heavy (non-hydrogen) atoms. The molecule has 0 amide bonds. The minimum atomic E-state index is 0.149. The molecule has 0 bridgehead atoms. The normalized spacial score (nSPS) is 32.6. The maximum Gasteiger partial charge on any atom is 0.0940 e. The molecular weight excluding hydrogens is 176 g/mol. The van der Waals surface area contributed by atoms with Crippen LogP contribution in [0.3, 0.4) is 0 Å². The van der Waals surface area contributed by atoms with Gasteiger partial charge in [-0.2, -0.15) is 0 Å². The van der Waals surface area contributed by atoms with Crippen LogP contribution in [0.15, 0.2) is 0 Å². The molecule has 2 fully saturated rings. The zero-order chi connectivity index (χ0) is 10.0. The molecular formula is C11H22N2O. The maximum atomic E-state index is 5.64. The first-order valence-corrected chi connectivity index (χ1v) is 5.72. The zero-order valence-electron chi connectivity index (χ0n) is 9.38. The molecule has 0 aromatic carbocycles. The fraction of sp³-hybridized carbons (Fsp3) is 1.00. The van der Waals surface area contributed by atoms with Crippen LogP contribution in [-0.2, 0) is 4.74 Å². The number of methoxy groups -OCH3 is 1. The number of ether oxygens (including phenoxy) is 1. The first kappa shape index (κ1) is 10.4. The van der Waals surface area contributed by atoms with Crippen LogP contribution in [0.25, 0.3) is 0 Å². The van der Waals surface area contributed by atoms with Gasteiger partial charge in [0, 0.05) is 26.2 Å². The Morgan fingerprint density at radius 3 is 2.71 bits per heavy atom. The van der Waals surface area contributed by atoms with Gasteiger partial charge in [0.1, 0.15) is 0 Å². The monoisotopic (exact) mass is 198 g/mol. The Morgan fingerprint density at radius 1 is 1.43 bits per heavy atom. The van der Waals surface area contributed by atoms with Crippen LogP contribution in [0.2, 0.25) is 0 Å². The highest BCUT2D eigenvalue weighted by Gasteiger charge is 2.40. The molecule has 3 heteroatoms. The summed E-state index contributed by atoms with van der Waals surface area (Å²) in [4.78, 5) is 2.50. The zero-order valence-corrected chi connectivity index (χ0v) is 9.38. The predicted molar refractivity (Wildman–Crippen MR) is 57.5 cm³/mol. The van der Waals surface area contributed by atoms with Gasteiger partial charge >= 0.3 is 0 Å². The summed E-state index contributed by atoms with van der Waals surface area (Å²) in [6.07, 6.45) is 5.31. The highest BCUT2D eigenvalue weighted by Crippen LogP contribution is 2.28. The SMILES string of the molecule is COC1(CC2CCCCN2C)CNC1. The summed E-state index contributed by atoms with van der Waals surface area (Å²) < 4.78 is 5.64. The lowest BCUT2D eigenvalue weighted by Crippen LogP contribution is -2.63. The number of rotatable bonds is 3. The minimum Gasteiger partial charge on any atom is -0.376 e. The van der Waals surface area contributed by atoms with E-state index in [0.717, 1.165) is 19.1 Å². The van der Waals surface area contributed by atoms with Crippen LogP contribution in [0.5, 0.6) is 0 Å². The molecule has 0 aliphatic carbocycles. The molecule has 1 N–H and O–H groups in total. The Balaban J connectivity index is 1.88. The Hall–Kier alpha value is -0.120. The van der Waals surface area contributed by atoms with Crippen molar-refractivity contribution in [1.29, 1.82) is 0 Å². The topological polar surface area (TPSA) is 24.5 Å². The molecule has 2 aliphatic rings. The third kappa shape index (κ3) is 1.95. The Bertz CT molecular complexity index is 186. The number of likely N-dealkylation sites (tertiary alicyclic amines) is 1. The smallest absolute Gasteiger partial charge is 0.0940 e. The molecule has 0 aromatic rings. The van der Waals surface area contributed by atoms with Gasteiger partial charge in [-0.1, -0.05) is 6.42 Å². The van der Waals surface area contributed by atoms with Gasteiger partial charge in [-0.05, 0) is 32.9 Å². The van der Waals surface area contributed by atoms with E-state index in [1.165, 1.54) is 32.2 Å². The fourth-order valence-electron chi connectivity index (χ4n) is 2.61. The van der Waals surface area contributed by atoms with E-state index in [1.807, 2.05) is 7.11 Å². The Morgan fingerprint density at radius 2 is 2.21 bits per heavy atom. The van der Waals surface area contributed by atoms with Crippen molar-refractivity contribution in [2.45, 2.75) is 37.3 Å². The summed E-state index contributed by atoms with van der Waals surface area (Å²) in [6.45, 7) is 3.33. The van der Waals surface area contributed by atoms with Crippen LogP contribution in [-0.4, -0.2) is 50.3 Å². The average molecular weight is 198 g/mol. The van der Waals surface area contributed by atoms with Gasteiger partial charge in [0.25, 0.3) is 0 Å². The molecule has 0 spiro atoms. The molecule has 2 aliphatic heterocycles. The summed E-state index contributed by atoms with van der Waals surface area (Å²) >= 11 is 0. The standard InChI is InChI=1S/C11H22N2O/c1-13-6-4-3-5-10(13)7-11(14-2)8-12-9-11/h10,12H,3-9H2,1-2H3. The van der Waals surface area contributed by atoms with Gasteiger partial charge in [-0.3, -0.25) is 0 Å². The Labute approximate surface area is 86.8 Å². The molecule has 1 atom stereocenters. The van der Waals surface area contributed by atoms with Crippen molar-refractivity contribution in [2.75, 3.05) is 33.8 Å². The van der Waals surface area contributed by atoms with Gasteiger partial charge in [0.05, 0.1) is 5.60 Å². The van der Waals surface area contributed by atoms with Crippen LogP contribution in [0.1, 0.15) is 25.7 Å². The van der Waals surface area contributed by atoms with Crippen LogP contribution in [0.4, 0.5) is 0 Å². The maximum absolute atomic E-state index is 5.64. The van der Waals surface area contributed by atoms with Crippen LogP contribution in [0, 0.1) is 0 Å². The van der Waals surface area contributed by atoms with Crippen molar-refractivity contribution in [3.63, 3.8) is 0 Å². The highest BCUT2D eigenvalue weighted by molar-refractivity contribution is 4.98. The first-order valence-electron chi connectivity index (χ1n) is 5.72. The highest BCUT2D eigenvalue weighted by atomic mass is 16.5. The molecule has 0 radical (unpaired) electrons. The number of nitrogens with one attached hydrogen (secondary N) is 1. The van der Waals surface area contributed by atoms with Gasteiger partial charge in [-0.25, -0.2) is 0 Å². The van der Waals surface area contributed by atoms with Crippen LogP contribution < -0.4 is 5.32 Å². The molecule has 3 nitrogen and oxygen atoms in total. The summed E-state index contributed by atoms with van der Waals surface area (Å²) in [5.41, 5.74) is 0.149. The van der Waals surface area contributed by atoms with Crippen molar-refractivity contribution in [1.82, 2.24) is 10.2 Å². The summed E-state index contributed by atoms with van der Waals surface area (Å²) in [5, 5.41) is 3.31. The van der Waals surface area contributed by atoms with E-state index in [1.54, 1.807) is 0 Å². The molecule has 0 saturated carbocycles. The van der Waals surface area contributed by atoms with Gasteiger partial charge < -0.3 is 15.0 Å². The number of nitrogens with zero attached hydrogens (tertiary/aromatic N) is 1. The van der Waals surface area contributed by atoms with E-state index in [-0.39, 0.29) is 5.60 Å². The number of piperidine rings is 1. The third-order valence-electron chi connectivity index (χ3n) is 3.86. The first-order chi connectivity index (χ1) is 6.76. The lowest BCUT2D eigenvalue weighted by atomic mass is 9.85. The number of hydrogen-bond acceptors (Lipinski definition) is 3. The van der Waals surface area contributed by atoms with Crippen molar-refractivity contribution in [3.05, 3.63) is 0 Å². The van der Waals surface area contributed by atoms with E-state index in [9.17, 15) is 0 Å². The van der Waals surface area contributed by atoms with E-state index in [4.69, 9.17) is 4.74 Å². The Kier molecular flexibility index (Phi) is 3.10. The van der Waals surface area contributed by atoms with E-state index < -0.39 is 0 Å². The summed E-state index contributed by atoms with van der Waals surface area (Å²) in [7, 11) is 4.10. The van der Waals surface area contributed by atoms with Crippen molar-refractivity contribution in [2.24, 2.45) is 0 Å². The summed E-state index contributed by atoms with van der Waals surface area (Å²) in [6, 6.07) is 0.741. The predicted octanol–water partition coefficient (Wildman–Crippen LogP) is 0.849. The van der Waals surface area contributed by atoms with Crippen molar-refractivity contribution < 1.29 is 4.74 Å². The number of hydrogen-bond donors (Lipinski definition) is 1. The van der Waals surface area contributed by atoms with Crippen molar-refractivity contribution >= 4 is 0 Å². The van der Waals surface area contributed by atoms with Gasteiger partial charge in [0.2, 0.25) is 0 Å². The second kappa shape index (κ2) is 4.17. The van der Waals surface area contributed by atoms with E-state index in [2.05, 4.69) is 17.3 Å². The van der Waals surface area contributed by atoms with Crippen molar-refractivity contribution in [3.8, 4) is 0 Å². The van der Waals surface area contributed by atoms with Crippen LogP contribution >= 0.6 is 0 Å². The summed E-state index contributed by atoms with van der Waals surface area (Å²) in [5.74, 6) is 0. The average Bonchev–Trinajstić information content (AvgIpc) is 2.14. The van der Waals surface area contributed by atoms with Gasteiger partial charge in [-0.15, -0.1) is 0 Å². The molecule has 0 aromatic heterocycles. The van der Waals surface area contributed by atoms with E-state index in [0.29, 0.717) is 0 Å². The van der Waals surface area contributed by atoms with E-state index >= 15 is 0 Å². The molecule has 2 saturated heterocycles. The third-order valence-corrected chi connectivity index (χ3v) is 3.86. The minimum absolute atomic E-state index is 0.149. The molecule has 82 valence electrons. The van der Waals surface area contributed by atoms with Gasteiger partial charge in [0.15, 0.2) is 0 Å². The second-order valence-corrected chi connectivity index (χ2v) is 4.83. The second-order valence-electron chi connectivity index (χ2n) is 4.83. The largest absolute Gasteiger partial charge is 0.376 e. The quantitative estimate of drug-likeness (QED) is 0.727. The fourth-order valence-corrected chi connectivity index (χ4v) is 2.61.